The number of aromatic nitrogens is 2. The molecule has 2 N–H and O–H groups in total. The molecule has 0 unspecified atom stereocenters. The predicted octanol–water partition coefficient (Wildman–Crippen LogP) is 1.25. The second kappa shape index (κ2) is 4.97. The molecule has 1 aromatic carbocycles. The van der Waals surface area contributed by atoms with Crippen LogP contribution in [0, 0.1) is 0 Å². The number of hydrogen-bond acceptors (Lipinski definition) is 4. The van der Waals surface area contributed by atoms with Gasteiger partial charge in [-0.1, -0.05) is 30.3 Å². The monoisotopic (exact) mass is 273 g/mol. The van der Waals surface area contributed by atoms with E-state index in [1.54, 1.807) is 12.3 Å². The Bertz CT molecular complexity index is 577. The third-order valence-corrected chi connectivity index (χ3v) is 3.37. The molecule has 2 aromatic rings. The summed E-state index contributed by atoms with van der Waals surface area (Å²) in [5, 5.41) is 16.8. The van der Waals surface area contributed by atoms with Gasteiger partial charge in [0.05, 0.1) is 18.8 Å². The van der Waals surface area contributed by atoms with Crippen molar-refractivity contribution in [3.05, 3.63) is 53.9 Å². The highest BCUT2D eigenvalue weighted by Gasteiger charge is 2.46. The van der Waals surface area contributed by atoms with Crippen molar-refractivity contribution >= 4 is 6.09 Å². The summed E-state index contributed by atoms with van der Waals surface area (Å²) in [7, 11) is 0. The molecule has 1 fully saturated rings. The summed E-state index contributed by atoms with van der Waals surface area (Å²) in [6, 6.07) is 11.2. The van der Waals surface area contributed by atoms with Crippen molar-refractivity contribution in [3.8, 4) is 0 Å². The molecular formula is C14H15N3O3. The van der Waals surface area contributed by atoms with Crippen molar-refractivity contribution < 1.29 is 14.6 Å². The van der Waals surface area contributed by atoms with Gasteiger partial charge in [-0.3, -0.25) is 5.10 Å². The summed E-state index contributed by atoms with van der Waals surface area (Å²) in [6.45, 7) is 0.657. The molecule has 2 heterocycles. The van der Waals surface area contributed by atoms with Crippen LogP contribution in [0.15, 0.2) is 42.6 Å². The topological polar surface area (TPSA) is 78.4 Å². The molecular weight excluding hydrogens is 258 g/mol. The third-order valence-electron chi connectivity index (χ3n) is 3.37. The maximum absolute atomic E-state index is 11.8. The minimum Gasteiger partial charge on any atom is -0.445 e. The largest absolute Gasteiger partial charge is 0.445 e. The molecule has 6 heteroatoms. The predicted molar refractivity (Wildman–Crippen MR) is 70.7 cm³/mol. The zero-order valence-corrected chi connectivity index (χ0v) is 10.8. The fourth-order valence-electron chi connectivity index (χ4n) is 2.21. The second-order valence-corrected chi connectivity index (χ2v) is 4.90. The number of benzene rings is 1. The molecule has 1 amide bonds. The smallest absolute Gasteiger partial charge is 0.410 e. The molecule has 1 saturated heterocycles. The molecule has 0 radical (unpaired) electrons. The number of hydrogen-bond donors (Lipinski definition) is 2. The van der Waals surface area contributed by atoms with Crippen molar-refractivity contribution in [2.45, 2.75) is 12.2 Å². The Morgan fingerprint density at radius 3 is 2.75 bits per heavy atom. The van der Waals surface area contributed by atoms with Crippen LogP contribution < -0.4 is 0 Å². The van der Waals surface area contributed by atoms with E-state index in [-0.39, 0.29) is 19.7 Å². The molecule has 0 bridgehead atoms. The van der Waals surface area contributed by atoms with Crippen LogP contribution in [-0.2, 0) is 16.9 Å². The molecule has 0 aliphatic carbocycles. The van der Waals surface area contributed by atoms with Gasteiger partial charge in [0.25, 0.3) is 0 Å². The summed E-state index contributed by atoms with van der Waals surface area (Å²) < 4.78 is 5.19. The number of aliphatic hydroxyl groups is 1. The fourth-order valence-corrected chi connectivity index (χ4v) is 2.21. The number of H-pyrrole nitrogens is 1. The number of nitrogens with one attached hydrogen (secondary N) is 1. The zero-order valence-electron chi connectivity index (χ0n) is 10.8. The molecule has 1 aromatic heterocycles. The molecule has 3 rings (SSSR count). The van der Waals surface area contributed by atoms with Gasteiger partial charge in [-0.05, 0) is 11.6 Å². The average Bonchev–Trinajstić information content (AvgIpc) is 2.97. The van der Waals surface area contributed by atoms with E-state index in [0.717, 1.165) is 5.56 Å². The van der Waals surface area contributed by atoms with Crippen LogP contribution in [0.2, 0.25) is 0 Å². The number of amides is 1. The Labute approximate surface area is 116 Å². The number of aromatic amines is 1. The molecule has 1 aliphatic heterocycles. The van der Waals surface area contributed by atoms with Crippen LogP contribution in [0.1, 0.15) is 11.3 Å². The quantitative estimate of drug-likeness (QED) is 0.882. The zero-order chi connectivity index (χ0) is 14.0. The number of nitrogens with zero attached hydrogens (tertiary/aromatic N) is 2. The normalized spacial score (nSPS) is 16.6. The fraction of sp³-hybridized carbons (Fsp3) is 0.286. The van der Waals surface area contributed by atoms with Gasteiger partial charge in [0.15, 0.2) is 0 Å². The number of β-amino-alcohol motifs (C(OH)–C–C–N with tert-alkyl or cyclic N) is 1. The van der Waals surface area contributed by atoms with Crippen molar-refractivity contribution in [1.29, 1.82) is 0 Å². The highest BCUT2D eigenvalue weighted by molar-refractivity contribution is 5.69. The lowest BCUT2D eigenvalue weighted by Gasteiger charge is -2.44. The first kappa shape index (κ1) is 12.7. The highest BCUT2D eigenvalue weighted by atomic mass is 16.6. The molecule has 104 valence electrons. The van der Waals surface area contributed by atoms with E-state index in [0.29, 0.717) is 5.69 Å². The lowest BCUT2D eigenvalue weighted by atomic mass is 9.91. The van der Waals surface area contributed by atoms with Crippen molar-refractivity contribution in [1.82, 2.24) is 15.1 Å². The van der Waals surface area contributed by atoms with E-state index < -0.39 is 11.7 Å². The van der Waals surface area contributed by atoms with Gasteiger partial charge in [0, 0.05) is 6.20 Å². The molecule has 0 saturated carbocycles. The molecule has 20 heavy (non-hydrogen) atoms. The van der Waals surface area contributed by atoms with Crippen LogP contribution in [0.5, 0.6) is 0 Å². The van der Waals surface area contributed by atoms with Crippen LogP contribution in [0.3, 0.4) is 0 Å². The summed E-state index contributed by atoms with van der Waals surface area (Å²) in [4.78, 5) is 13.3. The number of likely N-dealkylation sites (tertiary alicyclic amines) is 1. The molecule has 6 nitrogen and oxygen atoms in total. The van der Waals surface area contributed by atoms with E-state index in [1.807, 2.05) is 30.3 Å². The minimum absolute atomic E-state index is 0.211. The summed E-state index contributed by atoms with van der Waals surface area (Å²) in [5.41, 5.74) is 0.511. The summed E-state index contributed by atoms with van der Waals surface area (Å²) in [5.74, 6) is 0. The van der Waals surface area contributed by atoms with Crippen LogP contribution in [0.4, 0.5) is 4.79 Å². The maximum atomic E-state index is 11.8. The number of ether oxygens (including phenoxy) is 1. The van der Waals surface area contributed by atoms with Crippen LogP contribution in [-0.4, -0.2) is 39.4 Å². The van der Waals surface area contributed by atoms with E-state index in [2.05, 4.69) is 10.2 Å². The third kappa shape index (κ3) is 2.37. The lowest BCUT2D eigenvalue weighted by molar-refractivity contribution is -0.0976. The van der Waals surface area contributed by atoms with E-state index in [1.165, 1.54) is 4.90 Å². The van der Waals surface area contributed by atoms with Gasteiger partial charge in [-0.25, -0.2) is 4.79 Å². The first-order valence-electron chi connectivity index (χ1n) is 6.35. The molecule has 1 aliphatic rings. The van der Waals surface area contributed by atoms with Gasteiger partial charge in [-0.15, -0.1) is 0 Å². The second-order valence-electron chi connectivity index (χ2n) is 4.90. The van der Waals surface area contributed by atoms with E-state index in [9.17, 15) is 9.90 Å². The van der Waals surface area contributed by atoms with E-state index >= 15 is 0 Å². The SMILES string of the molecule is O=C(OCc1ccccc1)N1CC(O)(c2ccn[nH]2)C1. The molecule has 0 spiro atoms. The Kier molecular flexibility index (Phi) is 3.15. The minimum atomic E-state index is -1.04. The van der Waals surface area contributed by atoms with Gasteiger partial charge < -0.3 is 14.7 Å². The Morgan fingerprint density at radius 2 is 2.10 bits per heavy atom. The Hall–Kier alpha value is -2.34. The lowest BCUT2D eigenvalue weighted by Crippen LogP contribution is -2.61. The van der Waals surface area contributed by atoms with Crippen LogP contribution in [0.25, 0.3) is 0 Å². The number of carbonyl (C=O) groups is 1. The Balaban J connectivity index is 1.51. The highest BCUT2D eigenvalue weighted by Crippen LogP contribution is 2.30. The molecule has 0 atom stereocenters. The summed E-state index contributed by atoms with van der Waals surface area (Å²) >= 11 is 0. The van der Waals surface area contributed by atoms with Crippen molar-refractivity contribution in [2.24, 2.45) is 0 Å². The van der Waals surface area contributed by atoms with Gasteiger partial charge >= 0.3 is 6.09 Å². The van der Waals surface area contributed by atoms with Gasteiger partial charge in [-0.2, -0.15) is 5.10 Å². The number of rotatable bonds is 3. The van der Waals surface area contributed by atoms with Gasteiger partial charge in [0.1, 0.15) is 12.2 Å². The van der Waals surface area contributed by atoms with Crippen LogP contribution >= 0.6 is 0 Å². The number of carbonyl (C=O) groups excluding carboxylic acids is 1. The Morgan fingerprint density at radius 1 is 1.35 bits per heavy atom. The maximum Gasteiger partial charge on any atom is 0.410 e. The standard InChI is InChI=1S/C14H15N3O3/c18-13(20-8-11-4-2-1-3-5-11)17-9-14(19,10-17)12-6-7-15-16-12/h1-7,19H,8-10H2,(H,15,16). The van der Waals surface area contributed by atoms with E-state index in [4.69, 9.17) is 4.74 Å². The first-order chi connectivity index (χ1) is 9.67. The summed E-state index contributed by atoms with van der Waals surface area (Å²) in [6.07, 6.45) is 1.15. The van der Waals surface area contributed by atoms with Gasteiger partial charge in [0.2, 0.25) is 0 Å². The average molecular weight is 273 g/mol. The first-order valence-corrected chi connectivity index (χ1v) is 6.35. The van der Waals surface area contributed by atoms with Crippen molar-refractivity contribution in [3.63, 3.8) is 0 Å². The van der Waals surface area contributed by atoms with Crippen molar-refractivity contribution in [2.75, 3.05) is 13.1 Å².